The van der Waals surface area contributed by atoms with Gasteiger partial charge in [-0.05, 0) is 38.5 Å². The van der Waals surface area contributed by atoms with Crippen LogP contribution in [0.25, 0.3) is 0 Å². The average molecular weight is 701 g/mol. The van der Waals surface area contributed by atoms with Crippen LogP contribution in [0.2, 0.25) is 0 Å². The molecule has 1 fully saturated rings. The van der Waals surface area contributed by atoms with Crippen LogP contribution in [0, 0.1) is 0 Å². The fourth-order valence-electron chi connectivity index (χ4n) is 5.95. The van der Waals surface area contributed by atoms with Gasteiger partial charge in [-0.15, -0.1) is 0 Å². The molecule has 288 valence electrons. The molecule has 1 saturated heterocycles. The normalized spacial score (nSPS) is 21.6. The minimum absolute atomic E-state index is 0.216. The van der Waals surface area contributed by atoms with E-state index < -0.39 is 49.4 Å². The van der Waals surface area contributed by atoms with Crippen LogP contribution in [0.1, 0.15) is 168 Å². The van der Waals surface area contributed by atoms with Gasteiger partial charge in [0.15, 0.2) is 12.4 Å². The number of carbonyl (C=O) groups is 2. The Labute approximate surface area is 297 Å². The van der Waals surface area contributed by atoms with Gasteiger partial charge in [-0.3, -0.25) is 9.59 Å². The number of aliphatic hydroxyl groups excluding tert-OH is 4. The van der Waals surface area contributed by atoms with Crippen molar-refractivity contribution in [1.82, 2.24) is 0 Å². The molecule has 10 nitrogen and oxygen atoms in total. The summed E-state index contributed by atoms with van der Waals surface area (Å²) in [5.74, 6) is -0.815. The van der Waals surface area contributed by atoms with E-state index in [-0.39, 0.29) is 32.0 Å². The third-order valence-corrected chi connectivity index (χ3v) is 9.15. The zero-order valence-corrected chi connectivity index (χ0v) is 30.9. The number of ether oxygens (including phenoxy) is 4. The van der Waals surface area contributed by atoms with Crippen molar-refractivity contribution < 1.29 is 49.0 Å². The number of hydrogen-bond acceptors (Lipinski definition) is 10. The maximum Gasteiger partial charge on any atom is 0.306 e. The molecule has 49 heavy (non-hydrogen) atoms. The second-order valence-electron chi connectivity index (χ2n) is 13.7. The van der Waals surface area contributed by atoms with Gasteiger partial charge in [0.05, 0.1) is 13.2 Å². The molecule has 1 heterocycles. The zero-order valence-electron chi connectivity index (χ0n) is 30.9. The molecule has 4 N–H and O–H groups in total. The lowest BCUT2D eigenvalue weighted by atomic mass is 9.99. The van der Waals surface area contributed by atoms with E-state index >= 15 is 0 Å². The highest BCUT2D eigenvalue weighted by Gasteiger charge is 2.44. The van der Waals surface area contributed by atoms with Gasteiger partial charge in [0.1, 0.15) is 31.0 Å². The van der Waals surface area contributed by atoms with Gasteiger partial charge in [-0.25, -0.2) is 0 Å². The number of hydrogen-bond donors (Lipinski definition) is 4. The molecular formula is C39H72O10. The van der Waals surface area contributed by atoms with Crippen molar-refractivity contribution in [2.75, 3.05) is 19.8 Å². The highest BCUT2D eigenvalue weighted by atomic mass is 16.7. The molecule has 10 heteroatoms. The fraction of sp³-hybridized carbons (Fsp3) is 0.897. The molecule has 0 radical (unpaired) electrons. The summed E-state index contributed by atoms with van der Waals surface area (Å²) in [6, 6.07) is 0. The van der Waals surface area contributed by atoms with Crippen molar-refractivity contribution in [2.45, 2.75) is 205 Å². The Morgan fingerprint density at radius 2 is 1.08 bits per heavy atom. The molecule has 1 aliphatic heterocycles. The van der Waals surface area contributed by atoms with E-state index in [2.05, 4.69) is 26.0 Å². The Hall–Kier alpha value is -1.56. The van der Waals surface area contributed by atoms with E-state index in [4.69, 9.17) is 18.9 Å². The number of unbranched alkanes of at least 4 members (excludes halogenated alkanes) is 19. The molecule has 0 aromatic carbocycles. The Morgan fingerprint density at radius 3 is 1.59 bits per heavy atom. The summed E-state index contributed by atoms with van der Waals surface area (Å²) >= 11 is 0. The summed E-state index contributed by atoms with van der Waals surface area (Å²) in [5.41, 5.74) is 0. The number of allylic oxidation sites excluding steroid dienone is 2. The Kier molecular flexibility index (Phi) is 28.9. The predicted octanol–water partition coefficient (Wildman–Crippen LogP) is 7.22. The summed E-state index contributed by atoms with van der Waals surface area (Å²) in [7, 11) is 0. The molecule has 0 amide bonds. The summed E-state index contributed by atoms with van der Waals surface area (Å²) in [6.45, 7) is 3.35. The maximum absolute atomic E-state index is 12.7. The molecule has 0 saturated carbocycles. The van der Waals surface area contributed by atoms with Crippen LogP contribution in [0.4, 0.5) is 0 Å². The van der Waals surface area contributed by atoms with Gasteiger partial charge >= 0.3 is 11.9 Å². The minimum Gasteiger partial charge on any atom is -0.462 e. The summed E-state index contributed by atoms with van der Waals surface area (Å²) in [6.07, 6.45) is 22.4. The van der Waals surface area contributed by atoms with E-state index in [0.29, 0.717) is 6.42 Å². The first-order valence-corrected chi connectivity index (χ1v) is 19.8. The van der Waals surface area contributed by atoms with Gasteiger partial charge in [-0.1, -0.05) is 129 Å². The van der Waals surface area contributed by atoms with E-state index in [9.17, 15) is 30.0 Å². The van der Waals surface area contributed by atoms with Crippen LogP contribution in [0.3, 0.4) is 0 Å². The largest absolute Gasteiger partial charge is 0.462 e. The smallest absolute Gasteiger partial charge is 0.306 e. The van der Waals surface area contributed by atoms with Gasteiger partial charge in [-0.2, -0.15) is 0 Å². The van der Waals surface area contributed by atoms with E-state index in [0.717, 1.165) is 51.4 Å². The summed E-state index contributed by atoms with van der Waals surface area (Å²) < 4.78 is 22.0. The second kappa shape index (κ2) is 31.2. The standard InChI is InChI=1S/C39H72O10/c1-3-5-7-9-11-12-13-14-15-16-17-18-19-20-22-24-26-28-35(42)48-32(30-46-34(41)27-25-23-21-10-8-6-4-2)31-47-39-38(45)37(44)36(43)33(29-40)49-39/h14-15,32-33,36-40,43-45H,3-13,16-31H2,1-2H3/b15-14+/t32-,33+,36-,37?,38?,39+/m1/s1. The molecule has 1 rings (SSSR count). The van der Waals surface area contributed by atoms with E-state index in [1.807, 2.05) is 0 Å². The van der Waals surface area contributed by atoms with E-state index in [1.54, 1.807) is 0 Å². The lowest BCUT2D eigenvalue weighted by Crippen LogP contribution is -2.59. The molecule has 0 aromatic rings. The van der Waals surface area contributed by atoms with Crippen molar-refractivity contribution >= 4 is 11.9 Å². The fourth-order valence-corrected chi connectivity index (χ4v) is 5.95. The molecule has 2 unspecified atom stereocenters. The molecule has 0 bridgehead atoms. The predicted molar refractivity (Wildman–Crippen MR) is 192 cm³/mol. The Morgan fingerprint density at radius 1 is 0.612 bits per heavy atom. The number of carbonyl (C=O) groups excluding carboxylic acids is 2. The first-order valence-electron chi connectivity index (χ1n) is 19.8. The van der Waals surface area contributed by atoms with Crippen molar-refractivity contribution in [3.05, 3.63) is 12.2 Å². The van der Waals surface area contributed by atoms with Crippen LogP contribution < -0.4 is 0 Å². The number of rotatable bonds is 32. The molecule has 0 aliphatic carbocycles. The number of aliphatic hydroxyl groups is 4. The van der Waals surface area contributed by atoms with Gasteiger partial charge in [0, 0.05) is 12.8 Å². The van der Waals surface area contributed by atoms with Gasteiger partial charge in [0.25, 0.3) is 0 Å². The molecule has 0 aromatic heterocycles. The number of esters is 2. The molecular weight excluding hydrogens is 628 g/mol. The third-order valence-electron chi connectivity index (χ3n) is 9.15. The molecule has 0 spiro atoms. The topological polar surface area (TPSA) is 152 Å². The summed E-state index contributed by atoms with van der Waals surface area (Å²) in [5, 5.41) is 39.8. The monoisotopic (exact) mass is 701 g/mol. The molecule has 1 aliphatic rings. The second-order valence-corrected chi connectivity index (χ2v) is 13.7. The SMILES string of the molecule is CCCCCCCC/C=C/CCCCCCCCCC(=O)O[C@H](COC(=O)CCCCCCCCC)CO[C@H]1O[C@@H](CO)[C@@H](O)C(O)C1O. The minimum atomic E-state index is -1.59. The van der Waals surface area contributed by atoms with E-state index in [1.165, 1.54) is 83.5 Å². The Balaban J connectivity index is 2.34. The lowest BCUT2D eigenvalue weighted by Gasteiger charge is -2.39. The van der Waals surface area contributed by atoms with Crippen LogP contribution in [0.5, 0.6) is 0 Å². The van der Waals surface area contributed by atoms with Crippen molar-refractivity contribution in [2.24, 2.45) is 0 Å². The zero-order chi connectivity index (χ0) is 36.0. The quantitative estimate of drug-likeness (QED) is 0.0322. The van der Waals surface area contributed by atoms with Crippen molar-refractivity contribution in [3.63, 3.8) is 0 Å². The average Bonchev–Trinajstić information content (AvgIpc) is 3.10. The van der Waals surface area contributed by atoms with Crippen LogP contribution in [-0.2, 0) is 28.5 Å². The highest BCUT2D eigenvalue weighted by molar-refractivity contribution is 5.70. The first kappa shape index (κ1) is 45.5. The third kappa shape index (κ3) is 23.5. The van der Waals surface area contributed by atoms with Gasteiger partial charge < -0.3 is 39.4 Å². The molecule has 6 atom stereocenters. The lowest BCUT2D eigenvalue weighted by molar-refractivity contribution is -0.305. The first-order chi connectivity index (χ1) is 23.8. The van der Waals surface area contributed by atoms with Crippen LogP contribution in [0.15, 0.2) is 12.2 Å². The maximum atomic E-state index is 12.7. The van der Waals surface area contributed by atoms with Gasteiger partial charge in [0.2, 0.25) is 0 Å². The van der Waals surface area contributed by atoms with Crippen molar-refractivity contribution in [3.8, 4) is 0 Å². The van der Waals surface area contributed by atoms with Crippen LogP contribution in [-0.4, -0.2) is 89.0 Å². The van der Waals surface area contributed by atoms with Crippen molar-refractivity contribution in [1.29, 1.82) is 0 Å². The highest BCUT2D eigenvalue weighted by Crippen LogP contribution is 2.22. The Bertz CT molecular complexity index is 820. The van der Waals surface area contributed by atoms with Crippen LogP contribution >= 0.6 is 0 Å². The summed E-state index contributed by atoms with van der Waals surface area (Å²) in [4.78, 5) is 25.0.